The van der Waals surface area contributed by atoms with Crippen LogP contribution in [-0.4, -0.2) is 40.3 Å². The lowest BCUT2D eigenvalue weighted by Crippen LogP contribution is -2.49. The van der Waals surface area contributed by atoms with Crippen LogP contribution in [0.5, 0.6) is 0 Å². The lowest BCUT2D eigenvalue weighted by molar-refractivity contribution is -0.135. The topological polar surface area (TPSA) is 92.3 Å². The highest BCUT2D eigenvalue weighted by atomic mass is 32.1. The first-order chi connectivity index (χ1) is 25.2. The molecule has 53 heavy (non-hydrogen) atoms. The molecule has 1 saturated carbocycles. The van der Waals surface area contributed by atoms with Crippen LogP contribution in [0.1, 0.15) is 102 Å². The van der Waals surface area contributed by atoms with E-state index in [0.717, 1.165) is 34.4 Å². The Hall–Kier alpha value is -3.97. The molecule has 1 aliphatic rings. The summed E-state index contributed by atoms with van der Waals surface area (Å²) in [5, 5.41) is 6.24. The standard InChI is InChI=1S/C46H60N2O4S/c1-31(2)25-40(47-44(51)37(22-21-34-13-9-7-10-14-34)29-39(53)28-36-19-17-33(5)18-20-36)42(49)30-38(27-35-15-11-8-12-16-35)45(52)48-41(26-32(3)4)43(50)46(6)23-24-46/h7-20,31-32,37-38,40-41H,21-30H2,1-6H3,(H,47,51)(H,48,52)/t37-,38-,40?,41?/m1/s1. The number of nitrogens with one attached hydrogen (secondary N) is 2. The number of hydrogen-bond donors (Lipinski definition) is 2. The quantitative estimate of drug-likeness (QED) is 0.101. The largest absolute Gasteiger partial charge is 0.346 e. The van der Waals surface area contributed by atoms with E-state index in [9.17, 15) is 19.2 Å². The number of carbonyl (C=O) groups is 4. The molecular formula is C46H60N2O4S. The fourth-order valence-electron chi connectivity index (χ4n) is 7.01. The lowest BCUT2D eigenvalue weighted by Gasteiger charge is -2.27. The van der Waals surface area contributed by atoms with Gasteiger partial charge in [0, 0.05) is 30.1 Å². The van der Waals surface area contributed by atoms with Gasteiger partial charge in [0.25, 0.3) is 0 Å². The molecule has 1 aliphatic carbocycles. The summed E-state index contributed by atoms with van der Waals surface area (Å²) in [6.07, 6.45) is 5.34. The number of rotatable bonds is 22. The van der Waals surface area contributed by atoms with Crippen LogP contribution in [0.15, 0.2) is 84.9 Å². The molecule has 3 aromatic rings. The second-order valence-electron chi connectivity index (χ2n) is 16.5. The van der Waals surface area contributed by atoms with Crippen molar-refractivity contribution in [2.75, 3.05) is 0 Å². The highest BCUT2D eigenvalue weighted by Crippen LogP contribution is 2.47. The Morgan fingerprint density at radius 3 is 1.77 bits per heavy atom. The van der Waals surface area contributed by atoms with Crippen molar-refractivity contribution in [2.24, 2.45) is 29.1 Å². The van der Waals surface area contributed by atoms with Crippen molar-refractivity contribution >= 4 is 40.5 Å². The van der Waals surface area contributed by atoms with Crippen molar-refractivity contribution in [3.05, 3.63) is 107 Å². The normalized spacial score (nSPS) is 15.6. The number of ketones is 2. The van der Waals surface area contributed by atoms with E-state index >= 15 is 0 Å². The predicted molar refractivity (Wildman–Crippen MR) is 219 cm³/mol. The molecular weight excluding hydrogens is 677 g/mol. The van der Waals surface area contributed by atoms with Crippen LogP contribution in [0.4, 0.5) is 0 Å². The van der Waals surface area contributed by atoms with Gasteiger partial charge in [0.2, 0.25) is 11.8 Å². The summed E-state index contributed by atoms with van der Waals surface area (Å²) in [5.41, 5.74) is 3.99. The van der Waals surface area contributed by atoms with Gasteiger partial charge in [0.05, 0.1) is 12.1 Å². The lowest BCUT2D eigenvalue weighted by atomic mass is 9.87. The van der Waals surface area contributed by atoms with Gasteiger partial charge < -0.3 is 10.6 Å². The third-order valence-electron chi connectivity index (χ3n) is 10.5. The van der Waals surface area contributed by atoms with Crippen LogP contribution < -0.4 is 10.6 Å². The van der Waals surface area contributed by atoms with Crippen LogP contribution in [0, 0.1) is 36.0 Å². The van der Waals surface area contributed by atoms with Crippen molar-refractivity contribution < 1.29 is 19.2 Å². The highest BCUT2D eigenvalue weighted by Gasteiger charge is 2.48. The Kier molecular flexibility index (Phi) is 15.7. The summed E-state index contributed by atoms with van der Waals surface area (Å²) in [5.74, 6) is -1.33. The number of aryl methyl sites for hydroxylation is 2. The Balaban J connectivity index is 1.53. The van der Waals surface area contributed by atoms with Crippen molar-refractivity contribution in [1.29, 1.82) is 0 Å². The molecule has 4 rings (SSSR count). The molecule has 1 fully saturated rings. The van der Waals surface area contributed by atoms with Crippen molar-refractivity contribution in [3.8, 4) is 0 Å². The zero-order chi connectivity index (χ0) is 38.5. The first kappa shape index (κ1) is 41.8. The Bertz CT molecular complexity index is 1660. The molecule has 0 bridgehead atoms. The maximum Gasteiger partial charge on any atom is 0.224 e. The van der Waals surface area contributed by atoms with Gasteiger partial charge in [-0.15, -0.1) is 0 Å². The van der Waals surface area contributed by atoms with Crippen LogP contribution >= 0.6 is 12.2 Å². The SMILES string of the molecule is Cc1ccc(CC(=S)C[C@@H](CCc2ccccc2)C(=O)NC(CC(C)C)C(=O)C[C@@H](Cc2ccccc2)C(=O)NC(CC(C)C)C(=O)C2(C)CC2)cc1. The van der Waals surface area contributed by atoms with Gasteiger partial charge in [-0.3, -0.25) is 19.2 Å². The summed E-state index contributed by atoms with van der Waals surface area (Å²) < 4.78 is 0. The summed E-state index contributed by atoms with van der Waals surface area (Å²) in [6, 6.07) is 26.7. The van der Waals surface area contributed by atoms with Crippen molar-refractivity contribution in [1.82, 2.24) is 10.6 Å². The summed E-state index contributed by atoms with van der Waals surface area (Å²) in [7, 11) is 0. The van der Waals surface area contributed by atoms with Gasteiger partial charge in [-0.1, -0.05) is 137 Å². The van der Waals surface area contributed by atoms with Gasteiger partial charge in [0.15, 0.2) is 11.6 Å². The molecule has 0 saturated heterocycles. The van der Waals surface area contributed by atoms with Gasteiger partial charge >= 0.3 is 0 Å². The minimum Gasteiger partial charge on any atom is -0.346 e. The molecule has 6 nitrogen and oxygen atoms in total. The molecule has 0 aromatic heterocycles. The zero-order valence-electron chi connectivity index (χ0n) is 32.7. The monoisotopic (exact) mass is 736 g/mol. The average Bonchev–Trinajstić information content (AvgIpc) is 3.88. The average molecular weight is 737 g/mol. The third kappa shape index (κ3) is 13.7. The minimum atomic E-state index is -0.753. The van der Waals surface area contributed by atoms with Crippen molar-refractivity contribution in [2.45, 2.75) is 118 Å². The molecule has 4 atom stereocenters. The van der Waals surface area contributed by atoms with E-state index in [1.165, 1.54) is 5.56 Å². The smallest absolute Gasteiger partial charge is 0.224 e. The van der Waals surface area contributed by atoms with E-state index in [1.807, 2.05) is 83.1 Å². The summed E-state index contributed by atoms with van der Waals surface area (Å²) in [4.78, 5) is 56.9. The number of carbonyl (C=O) groups excluding carboxylic acids is 4. The molecule has 284 valence electrons. The van der Waals surface area contributed by atoms with Crippen LogP contribution in [-0.2, 0) is 38.4 Å². The summed E-state index contributed by atoms with van der Waals surface area (Å²) in [6.45, 7) is 12.2. The number of amides is 2. The number of hydrogen-bond acceptors (Lipinski definition) is 5. The van der Waals surface area contributed by atoms with Crippen LogP contribution in [0.25, 0.3) is 0 Å². The second-order valence-corrected chi connectivity index (χ2v) is 17.1. The molecule has 3 aromatic carbocycles. The second kappa shape index (κ2) is 19.9. The van der Waals surface area contributed by atoms with E-state index < -0.39 is 23.9 Å². The molecule has 2 amide bonds. The maximum absolute atomic E-state index is 14.3. The van der Waals surface area contributed by atoms with Gasteiger partial charge in [0.1, 0.15) is 0 Å². The maximum atomic E-state index is 14.3. The first-order valence-electron chi connectivity index (χ1n) is 19.5. The molecule has 0 heterocycles. The van der Waals surface area contributed by atoms with Gasteiger partial charge in [-0.2, -0.15) is 0 Å². The zero-order valence-corrected chi connectivity index (χ0v) is 33.5. The number of thiocarbonyl (C=S) groups is 1. The van der Waals surface area contributed by atoms with Gasteiger partial charge in [-0.25, -0.2) is 0 Å². The molecule has 0 aliphatic heterocycles. The fourth-order valence-corrected chi connectivity index (χ4v) is 7.38. The molecule has 0 spiro atoms. The van der Waals surface area contributed by atoms with E-state index in [-0.39, 0.29) is 47.1 Å². The molecule has 2 unspecified atom stereocenters. The number of Topliss-reactive ketones (excluding diaryl/α,β-unsaturated/α-hetero) is 2. The Labute approximate surface area is 323 Å². The molecule has 2 N–H and O–H groups in total. The van der Waals surface area contributed by atoms with Gasteiger partial charge in [-0.05, 0) is 91.7 Å². The van der Waals surface area contributed by atoms with Crippen molar-refractivity contribution in [3.63, 3.8) is 0 Å². The van der Waals surface area contributed by atoms with E-state index in [2.05, 4.69) is 54.0 Å². The van der Waals surface area contributed by atoms with E-state index in [4.69, 9.17) is 12.2 Å². The predicted octanol–water partition coefficient (Wildman–Crippen LogP) is 8.80. The minimum absolute atomic E-state index is 0.0429. The van der Waals surface area contributed by atoms with Crippen LogP contribution in [0.2, 0.25) is 0 Å². The first-order valence-corrected chi connectivity index (χ1v) is 20.0. The highest BCUT2D eigenvalue weighted by molar-refractivity contribution is 7.80. The summed E-state index contributed by atoms with van der Waals surface area (Å²) >= 11 is 5.87. The Morgan fingerprint density at radius 1 is 0.679 bits per heavy atom. The van der Waals surface area contributed by atoms with E-state index in [0.29, 0.717) is 44.9 Å². The molecule has 0 radical (unpaired) electrons. The third-order valence-corrected chi connectivity index (χ3v) is 10.8. The molecule has 7 heteroatoms. The number of benzene rings is 3. The van der Waals surface area contributed by atoms with E-state index in [1.54, 1.807) is 0 Å². The fraction of sp³-hybridized carbons (Fsp3) is 0.500. The Morgan fingerprint density at radius 2 is 1.21 bits per heavy atom. The van der Waals surface area contributed by atoms with Crippen LogP contribution in [0.3, 0.4) is 0 Å².